The van der Waals surface area contributed by atoms with Gasteiger partial charge in [0, 0.05) is 25.7 Å². The Morgan fingerprint density at radius 3 is 2.43 bits per heavy atom. The number of aliphatic hydroxyl groups excluding tert-OH is 1. The van der Waals surface area contributed by atoms with Crippen molar-refractivity contribution >= 4 is 6.03 Å². The second-order valence-electron chi connectivity index (χ2n) is 5.65. The Labute approximate surface area is 127 Å². The maximum absolute atomic E-state index is 11.7. The highest BCUT2D eigenvalue weighted by Gasteiger charge is 2.06. The molecule has 2 amide bonds. The van der Waals surface area contributed by atoms with Crippen LogP contribution in [-0.4, -0.2) is 42.8 Å². The molecular formula is C16H27N3O2. The van der Waals surface area contributed by atoms with Crippen LogP contribution in [0.4, 0.5) is 4.79 Å². The quantitative estimate of drug-likeness (QED) is 0.683. The highest BCUT2D eigenvalue weighted by atomic mass is 16.3. The zero-order valence-electron chi connectivity index (χ0n) is 13.2. The topological polar surface area (TPSA) is 64.6 Å². The van der Waals surface area contributed by atoms with Crippen LogP contribution in [0.1, 0.15) is 30.9 Å². The van der Waals surface area contributed by atoms with Gasteiger partial charge in [0.2, 0.25) is 0 Å². The van der Waals surface area contributed by atoms with Gasteiger partial charge >= 0.3 is 6.03 Å². The molecule has 0 saturated carbocycles. The molecule has 5 nitrogen and oxygen atoms in total. The molecule has 1 aromatic carbocycles. The van der Waals surface area contributed by atoms with Crippen molar-refractivity contribution in [2.45, 2.75) is 38.9 Å². The lowest BCUT2D eigenvalue weighted by atomic mass is 10.1. The second kappa shape index (κ2) is 9.37. The number of carbonyl (C=O) groups excluding carboxylic acids is 1. The number of aliphatic hydroxyl groups is 1. The van der Waals surface area contributed by atoms with Crippen LogP contribution < -0.4 is 10.6 Å². The fourth-order valence-corrected chi connectivity index (χ4v) is 2.05. The minimum Gasteiger partial charge on any atom is -0.396 e. The standard InChI is InChI=1S/C16H27N3O2/c1-13(5-4-10-20)18-16(21)17-11-14-6-8-15(9-7-14)12-19(2)3/h6-9,13,20H,4-5,10-12H2,1-3H3,(H2,17,18,21). The van der Waals surface area contributed by atoms with E-state index in [0.29, 0.717) is 13.0 Å². The summed E-state index contributed by atoms with van der Waals surface area (Å²) in [4.78, 5) is 13.8. The van der Waals surface area contributed by atoms with E-state index in [-0.39, 0.29) is 18.7 Å². The summed E-state index contributed by atoms with van der Waals surface area (Å²) < 4.78 is 0. The van der Waals surface area contributed by atoms with Crippen molar-refractivity contribution in [1.29, 1.82) is 0 Å². The Balaban J connectivity index is 2.32. The third-order valence-corrected chi connectivity index (χ3v) is 3.15. The molecule has 0 aliphatic carbocycles. The van der Waals surface area contributed by atoms with Crippen molar-refractivity contribution in [3.8, 4) is 0 Å². The van der Waals surface area contributed by atoms with E-state index in [1.807, 2.05) is 33.2 Å². The van der Waals surface area contributed by atoms with E-state index < -0.39 is 0 Å². The fraction of sp³-hybridized carbons (Fsp3) is 0.562. The third-order valence-electron chi connectivity index (χ3n) is 3.15. The number of benzene rings is 1. The molecule has 3 N–H and O–H groups in total. The molecule has 0 radical (unpaired) electrons. The Morgan fingerprint density at radius 2 is 1.86 bits per heavy atom. The fourth-order valence-electron chi connectivity index (χ4n) is 2.05. The zero-order valence-corrected chi connectivity index (χ0v) is 13.2. The summed E-state index contributed by atoms with van der Waals surface area (Å²) in [5.41, 5.74) is 2.33. The number of carbonyl (C=O) groups is 1. The molecule has 0 heterocycles. The Hall–Kier alpha value is -1.59. The Bertz CT molecular complexity index is 418. The summed E-state index contributed by atoms with van der Waals surface area (Å²) in [6.45, 7) is 3.52. The molecule has 1 aromatic rings. The van der Waals surface area contributed by atoms with E-state index in [1.54, 1.807) is 0 Å². The van der Waals surface area contributed by atoms with Crippen LogP contribution in [0.15, 0.2) is 24.3 Å². The van der Waals surface area contributed by atoms with Gasteiger partial charge in [-0.2, -0.15) is 0 Å². The van der Waals surface area contributed by atoms with E-state index in [4.69, 9.17) is 5.11 Å². The van der Waals surface area contributed by atoms with Crippen molar-refractivity contribution < 1.29 is 9.90 Å². The number of rotatable bonds is 8. The first-order valence-corrected chi connectivity index (χ1v) is 7.39. The summed E-state index contributed by atoms with van der Waals surface area (Å²) in [5, 5.41) is 14.4. The zero-order chi connectivity index (χ0) is 15.7. The number of urea groups is 1. The van der Waals surface area contributed by atoms with Crippen molar-refractivity contribution in [2.24, 2.45) is 0 Å². The number of nitrogens with one attached hydrogen (secondary N) is 2. The van der Waals surface area contributed by atoms with Crippen molar-refractivity contribution in [3.63, 3.8) is 0 Å². The van der Waals surface area contributed by atoms with Gasteiger partial charge in [-0.1, -0.05) is 24.3 Å². The van der Waals surface area contributed by atoms with Crippen LogP contribution in [0, 0.1) is 0 Å². The molecule has 21 heavy (non-hydrogen) atoms. The van der Waals surface area contributed by atoms with Crippen molar-refractivity contribution in [3.05, 3.63) is 35.4 Å². The number of hydrogen-bond acceptors (Lipinski definition) is 3. The lowest BCUT2D eigenvalue weighted by molar-refractivity contribution is 0.234. The third kappa shape index (κ3) is 7.68. The molecule has 1 rings (SSSR count). The van der Waals surface area contributed by atoms with Gasteiger partial charge in [0.1, 0.15) is 0 Å². The van der Waals surface area contributed by atoms with Crippen LogP contribution in [0.25, 0.3) is 0 Å². The molecule has 0 aromatic heterocycles. The van der Waals surface area contributed by atoms with Gasteiger partial charge in [0.05, 0.1) is 0 Å². The average Bonchev–Trinajstić information content (AvgIpc) is 2.44. The summed E-state index contributed by atoms with van der Waals surface area (Å²) in [5.74, 6) is 0. The first kappa shape index (κ1) is 17.5. The van der Waals surface area contributed by atoms with Crippen LogP contribution in [0.2, 0.25) is 0 Å². The normalized spacial score (nSPS) is 12.2. The van der Waals surface area contributed by atoms with Gasteiger partial charge in [0.25, 0.3) is 0 Å². The minimum atomic E-state index is -0.169. The van der Waals surface area contributed by atoms with Gasteiger partial charge < -0.3 is 20.6 Å². The molecule has 0 aliphatic rings. The van der Waals surface area contributed by atoms with E-state index in [1.165, 1.54) is 5.56 Å². The summed E-state index contributed by atoms with van der Waals surface area (Å²) >= 11 is 0. The summed E-state index contributed by atoms with van der Waals surface area (Å²) in [7, 11) is 4.08. The van der Waals surface area contributed by atoms with E-state index in [2.05, 4.69) is 27.7 Å². The van der Waals surface area contributed by atoms with Crippen molar-refractivity contribution in [1.82, 2.24) is 15.5 Å². The van der Waals surface area contributed by atoms with E-state index in [9.17, 15) is 4.79 Å². The first-order chi connectivity index (χ1) is 10.0. The Morgan fingerprint density at radius 1 is 1.24 bits per heavy atom. The van der Waals surface area contributed by atoms with Gasteiger partial charge in [-0.25, -0.2) is 4.79 Å². The Kier molecular flexibility index (Phi) is 7.79. The largest absolute Gasteiger partial charge is 0.396 e. The van der Waals surface area contributed by atoms with E-state index >= 15 is 0 Å². The molecule has 0 aliphatic heterocycles. The molecular weight excluding hydrogens is 266 g/mol. The molecule has 1 atom stereocenters. The molecule has 0 bridgehead atoms. The molecule has 5 heteroatoms. The maximum atomic E-state index is 11.7. The van der Waals surface area contributed by atoms with Gasteiger partial charge in [-0.3, -0.25) is 0 Å². The average molecular weight is 293 g/mol. The predicted octanol–water partition coefficient (Wildman–Crippen LogP) is 1.71. The minimum absolute atomic E-state index is 0.0691. The summed E-state index contributed by atoms with van der Waals surface area (Å²) in [6, 6.07) is 8.14. The maximum Gasteiger partial charge on any atom is 0.315 e. The SMILES string of the molecule is CC(CCCO)NC(=O)NCc1ccc(CN(C)C)cc1. The summed E-state index contributed by atoms with van der Waals surface area (Å²) in [6.07, 6.45) is 1.48. The monoisotopic (exact) mass is 293 g/mol. The highest BCUT2D eigenvalue weighted by molar-refractivity contribution is 5.74. The van der Waals surface area contributed by atoms with Crippen LogP contribution >= 0.6 is 0 Å². The van der Waals surface area contributed by atoms with Gasteiger partial charge in [0.15, 0.2) is 0 Å². The number of nitrogens with zero attached hydrogens (tertiary/aromatic N) is 1. The molecule has 1 unspecified atom stereocenters. The van der Waals surface area contributed by atoms with Gasteiger partial charge in [-0.05, 0) is 45.0 Å². The smallest absolute Gasteiger partial charge is 0.315 e. The van der Waals surface area contributed by atoms with Gasteiger partial charge in [-0.15, -0.1) is 0 Å². The molecule has 118 valence electrons. The lowest BCUT2D eigenvalue weighted by Gasteiger charge is -2.14. The second-order valence-corrected chi connectivity index (χ2v) is 5.65. The molecule has 0 saturated heterocycles. The van der Waals surface area contributed by atoms with Crippen molar-refractivity contribution in [2.75, 3.05) is 20.7 Å². The van der Waals surface area contributed by atoms with E-state index in [0.717, 1.165) is 18.5 Å². The predicted molar refractivity (Wildman–Crippen MR) is 85.0 cm³/mol. The van der Waals surface area contributed by atoms with Crippen LogP contribution in [-0.2, 0) is 13.1 Å². The number of amides is 2. The van der Waals surface area contributed by atoms with Crippen LogP contribution in [0.5, 0.6) is 0 Å². The lowest BCUT2D eigenvalue weighted by Crippen LogP contribution is -2.40. The number of hydrogen-bond donors (Lipinski definition) is 3. The molecule has 0 spiro atoms. The molecule has 0 fully saturated rings. The first-order valence-electron chi connectivity index (χ1n) is 7.39. The highest BCUT2D eigenvalue weighted by Crippen LogP contribution is 2.06. The van der Waals surface area contributed by atoms with Crippen LogP contribution in [0.3, 0.4) is 0 Å².